The third kappa shape index (κ3) is 1.84. The molecule has 2 aromatic rings. The van der Waals surface area contributed by atoms with Crippen molar-refractivity contribution in [2.45, 2.75) is 12.8 Å². The Kier molecular flexibility index (Phi) is 2.75. The van der Waals surface area contributed by atoms with Crippen molar-refractivity contribution >= 4 is 28.0 Å². The van der Waals surface area contributed by atoms with E-state index in [1.807, 2.05) is 12.1 Å². The van der Waals surface area contributed by atoms with Gasteiger partial charge in [-0.25, -0.2) is 0 Å². The number of benzene rings is 1. The van der Waals surface area contributed by atoms with E-state index < -0.39 is 0 Å². The minimum Gasteiger partial charge on any atom is -0.508 e. The fourth-order valence-corrected chi connectivity index (χ4v) is 1.75. The molecule has 0 aliphatic carbocycles. The number of aliphatic hydroxyl groups excluding tert-OH is 1. The Morgan fingerprint density at radius 3 is 2.81 bits per heavy atom. The van der Waals surface area contributed by atoms with E-state index in [-0.39, 0.29) is 16.7 Å². The first kappa shape index (κ1) is 10.8. The molecule has 2 N–H and O–H groups in total. The molecular formula is C12H11NO2S. The molecule has 0 aliphatic heterocycles. The van der Waals surface area contributed by atoms with Gasteiger partial charge in [0.2, 0.25) is 0 Å². The lowest BCUT2D eigenvalue weighted by molar-refractivity contribution is 0.476. The second-order valence-corrected chi connectivity index (χ2v) is 4.08. The number of fused-ring (bicyclic) bond motifs is 1. The number of thiocarbonyl (C=S) groups is 1. The molecule has 2 rings (SSSR count). The highest BCUT2D eigenvalue weighted by molar-refractivity contribution is 7.80. The zero-order chi connectivity index (χ0) is 11.7. The molecule has 82 valence electrons. The van der Waals surface area contributed by atoms with Gasteiger partial charge >= 0.3 is 0 Å². The fraction of sp³-hybridized carbons (Fsp3) is 0.167. The van der Waals surface area contributed by atoms with E-state index in [9.17, 15) is 10.2 Å². The molecule has 0 saturated carbocycles. The van der Waals surface area contributed by atoms with Crippen molar-refractivity contribution < 1.29 is 10.2 Å². The van der Waals surface area contributed by atoms with E-state index in [0.717, 1.165) is 10.8 Å². The van der Waals surface area contributed by atoms with Crippen molar-refractivity contribution in [2.75, 3.05) is 0 Å². The molecule has 1 unspecified atom stereocenters. The van der Waals surface area contributed by atoms with Crippen LogP contribution in [-0.4, -0.2) is 20.2 Å². The van der Waals surface area contributed by atoms with Crippen LogP contribution in [0.25, 0.3) is 10.8 Å². The normalized spacial score (nSPS) is 12.6. The summed E-state index contributed by atoms with van der Waals surface area (Å²) in [5.41, 5.74) is 0.681. The van der Waals surface area contributed by atoms with Crippen LogP contribution in [0.1, 0.15) is 18.5 Å². The summed E-state index contributed by atoms with van der Waals surface area (Å²) >= 11 is 4.75. The molecule has 0 aliphatic rings. The Balaban J connectivity index is 2.69. The zero-order valence-corrected chi connectivity index (χ0v) is 9.53. The second kappa shape index (κ2) is 4.06. The fourth-order valence-electron chi connectivity index (χ4n) is 1.64. The molecule has 1 aromatic carbocycles. The van der Waals surface area contributed by atoms with Crippen LogP contribution in [0.2, 0.25) is 0 Å². The zero-order valence-electron chi connectivity index (χ0n) is 8.71. The summed E-state index contributed by atoms with van der Waals surface area (Å²) < 4.78 is 0. The van der Waals surface area contributed by atoms with Crippen molar-refractivity contribution in [1.29, 1.82) is 0 Å². The van der Waals surface area contributed by atoms with Crippen LogP contribution >= 0.6 is 12.2 Å². The SMILES string of the molecule is CC(C(O)=S)c1nccc2ccc(O)cc12. The van der Waals surface area contributed by atoms with Crippen LogP contribution in [0, 0.1) is 0 Å². The number of phenols is 1. The lowest BCUT2D eigenvalue weighted by Gasteiger charge is -2.11. The van der Waals surface area contributed by atoms with Gasteiger partial charge in [-0.05, 0) is 42.7 Å². The van der Waals surface area contributed by atoms with Gasteiger partial charge in [-0.1, -0.05) is 6.07 Å². The highest BCUT2D eigenvalue weighted by Gasteiger charge is 2.14. The summed E-state index contributed by atoms with van der Waals surface area (Å²) in [5, 5.41) is 20.5. The van der Waals surface area contributed by atoms with Gasteiger partial charge in [0.1, 0.15) is 5.75 Å². The van der Waals surface area contributed by atoms with E-state index in [1.165, 1.54) is 0 Å². The van der Waals surface area contributed by atoms with E-state index in [4.69, 9.17) is 12.2 Å². The summed E-state index contributed by atoms with van der Waals surface area (Å²) in [6, 6.07) is 6.91. The summed E-state index contributed by atoms with van der Waals surface area (Å²) in [5.74, 6) is -0.140. The minimum atomic E-state index is -0.319. The summed E-state index contributed by atoms with van der Waals surface area (Å²) in [4.78, 5) is 4.21. The molecule has 0 amide bonds. The Labute approximate surface area is 98.4 Å². The molecule has 16 heavy (non-hydrogen) atoms. The topological polar surface area (TPSA) is 53.4 Å². The maximum Gasteiger partial charge on any atom is 0.165 e. The van der Waals surface area contributed by atoms with Gasteiger partial charge in [-0.3, -0.25) is 4.98 Å². The van der Waals surface area contributed by atoms with Crippen molar-refractivity contribution in [3.8, 4) is 5.75 Å². The van der Waals surface area contributed by atoms with Crippen LogP contribution in [0.3, 0.4) is 0 Å². The highest BCUT2D eigenvalue weighted by atomic mass is 32.1. The number of hydrogen-bond donors (Lipinski definition) is 2. The van der Waals surface area contributed by atoms with Crippen molar-refractivity contribution in [2.24, 2.45) is 0 Å². The molecule has 0 radical (unpaired) electrons. The van der Waals surface area contributed by atoms with Gasteiger partial charge in [-0.15, -0.1) is 0 Å². The van der Waals surface area contributed by atoms with Gasteiger partial charge in [0.25, 0.3) is 0 Å². The molecule has 1 heterocycles. The average molecular weight is 233 g/mol. The third-order valence-corrected chi connectivity index (χ3v) is 2.91. The number of rotatable bonds is 2. The second-order valence-electron chi connectivity index (χ2n) is 3.66. The number of pyridine rings is 1. The number of aromatic hydroxyl groups is 1. The van der Waals surface area contributed by atoms with Gasteiger partial charge in [0, 0.05) is 11.6 Å². The first-order valence-electron chi connectivity index (χ1n) is 4.90. The van der Waals surface area contributed by atoms with E-state index in [0.29, 0.717) is 5.69 Å². The number of aliphatic hydroxyl groups is 1. The molecule has 1 atom stereocenters. The van der Waals surface area contributed by atoms with Crippen molar-refractivity contribution in [1.82, 2.24) is 4.98 Å². The number of aromatic nitrogens is 1. The maximum atomic E-state index is 9.45. The Hall–Kier alpha value is -1.68. The largest absolute Gasteiger partial charge is 0.508 e. The summed E-state index contributed by atoms with van der Waals surface area (Å²) in [7, 11) is 0. The Morgan fingerprint density at radius 2 is 2.12 bits per heavy atom. The van der Waals surface area contributed by atoms with E-state index in [2.05, 4.69) is 4.98 Å². The molecule has 0 bridgehead atoms. The lowest BCUT2D eigenvalue weighted by Crippen LogP contribution is -2.07. The van der Waals surface area contributed by atoms with Crippen LogP contribution in [0.5, 0.6) is 5.75 Å². The highest BCUT2D eigenvalue weighted by Crippen LogP contribution is 2.27. The van der Waals surface area contributed by atoms with E-state index >= 15 is 0 Å². The number of hydrogen-bond acceptors (Lipinski definition) is 3. The van der Waals surface area contributed by atoms with Crippen LogP contribution in [0.4, 0.5) is 0 Å². The quantitative estimate of drug-likeness (QED) is 0.783. The van der Waals surface area contributed by atoms with Gasteiger partial charge in [-0.2, -0.15) is 0 Å². The summed E-state index contributed by atoms with van der Waals surface area (Å²) in [6.45, 7) is 1.79. The molecule has 0 saturated heterocycles. The Bertz CT molecular complexity index is 554. The van der Waals surface area contributed by atoms with Crippen LogP contribution in [0.15, 0.2) is 30.5 Å². The van der Waals surface area contributed by atoms with Gasteiger partial charge in [0.05, 0.1) is 11.6 Å². The first-order valence-corrected chi connectivity index (χ1v) is 5.31. The number of phenolic OH excluding ortho intramolecular Hbond substituents is 1. The standard InChI is InChI=1S/C12H11NO2S/c1-7(12(15)16)11-10-6-9(14)3-2-8(10)4-5-13-11/h2-7,14H,1H3,(H,15,16). The first-order chi connectivity index (χ1) is 7.59. The van der Waals surface area contributed by atoms with Gasteiger partial charge < -0.3 is 10.2 Å². The molecule has 0 fully saturated rings. The average Bonchev–Trinajstić information content (AvgIpc) is 2.27. The van der Waals surface area contributed by atoms with Crippen molar-refractivity contribution in [3.63, 3.8) is 0 Å². The molecule has 0 spiro atoms. The molecule has 3 nitrogen and oxygen atoms in total. The molecule has 4 heteroatoms. The predicted molar refractivity (Wildman–Crippen MR) is 67.0 cm³/mol. The number of nitrogens with zero attached hydrogens (tertiary/aromatic N) is 1. The van der Waals surface area contributed by atoms with E-state index in [1.54, 1.807) is 25.3 Å². The molecule has 1 aromatic heterocycles. The molecular weight excluding hydrogens is 222 g/mol. The smallest absolute Gasteiger partial charge is 0.165 e. The predicted octanol–water partition coefficient (Wildman–Crippen LogP) is 2.93. The van der Waals surface area contributed by atoms with Crippen LogP contribution < -0.4 is 0 Å². The maximum absolute atomic E-state index is 9.45. The minimum absolute atomic E-state index is 0.0941. The monoisotopic (exact) mass is 233 g/mol. The van der Waals surface area contributed by atoms with Gasteiger partial charge in [0.15, 0.2) is 5.05 Å². The van der Waals surface area contributed by atoms with Crippen molar-refractivity contribution in [3.05, 3.63) is 36.2 Å². The third-order valence-electron chi connectivity index (χ3n) is 2.56. The Morgan fingerprint density at radius 1 is 1.38 bits per heavy atom. The lowest BCUT2D eigenvalue weighted by atomic mass is 10.0. The van der Waals surface area contributed by atoms with Crippen LogP contribution in [-0.2, 0) is 0 Å². The summed E-state index contributed by atoms with van der Waals surface area (Å²) in [6.07, 6.45) is 1.67.